The molecule has 1 heterocycles. The fourth-order valence-corrected chi connectivity index (χ4v) is 3.22. The van der Waals surface area contributed by atoms with Crippen molar-refractivity contribution in [2.45, 2.75) is 39.7 Å². The van der Waals surface area contributed by atoms with Crippen LogP contribution in [0.2, 0.25) is 10.0 Å². The zero-order valence-corrected chi connectivity index (χ0v) is 17.9. The third kappa shape index (κ3) is 5.51. The average Bonchev–Trinajstić information content (AvgIpc) is 2.52. The van der Waals surface area contributed by atoms with Gasteiger partial charge in [0, 0.05) is 11.6 Å². The van der Waals surface area contributed by atoms with Crippen LogP contribution in [-0.2, 0) is 4.74 Å². The summed E-state index contributed by atoms with van der Waals surface area (Å²) in [5.74, 6) is 0.485. The Morgan fingerprint density at radius 3 is 2.56 bits per heavy atom. The number of carbonyl (C=O) groups excluding carboxylic acids is 1. The molecule has 0 aromatic heterocycles. The van der Waals surface area contributed by atoms with E-state index >= 15 is 0 Å². The summed E-state index contributed by atoms with van der Waals surface area (Å²) in [7, 11) is 0. The number of hydrogen-bond donors (Lipinski definition) is 1. The van der Waals surface area contributed by atoms with Crippen molar-refractivity contribution in [2.24, 2.45) is 4.99 Å². The van der Waals surface area contributed by atoms with E-state index in [0.29, 0.717) is 33.7 Å². The summed E-state index contributed by atoms with van der Waals surface area (Å²) in [4.78, 5) is 17.3. The quantitative estimate of drug-likeness (QED) is 0.660. The second-order valence-corrected chi connectivity index (χ2v) is 8.17. The molecule has 27 heavy (non-hydrogen) atoms. The van der Waals surface area contributed by atoms with Crippen LogP contribution in [0.3, 0.4) is 0 Å². The van der Waals surface area contributed by atoms with Crippen molar-refractivity contribution < 1.29 is 14.6 Å². The van der Waals surface area contributed by atoms with E-state index in [1.165, 1.54) is 5.01 Å². The maximum Gasteiger partial charge on any atom is 0.434 e. The van der Waals surface area contributed by atoms with E-state index in [1.54, 1.807) is 50.9 Å². The number of nitrogens with zero attached hydrogens (tertiary/aromatic N) is 3. The number of benzene rings is 1. The Hall–Kier alpha value is -1.47. The highest BCUT2D eigenvalue weighted by Gasteiger charge is 2.33. The summed E-state index contributed by atoms with van der Waals surface area (Å²) in [6.45, 7) is 7.22. The number of aliphatic hydroxyl groups excluding tert-OH is 1. The number of halogens is 3. The summed E-state index contributed by atoms with van der Waals surface area (Å²) in [5.41, 5.74) is 0.380. The van der Waals surface area contributed by atoms with Crippen LogP contribution in [0.15, 0.2) is 33.9 Å². The first-order valence-electron chi connectivity index (χ1n) is 8.32. The smallest absolute Gasteiger partial charge is 0.434 e. The minimum atomic E-state index is -0.712. The Bertz CT molecular complexity index is 788. The van der Waals surface area contributed by atoms with Crippen molar-refractivity contribution in [3.63, 3.8) is 0 Å². The predicted octanol–water partition coefficient (Wildman–Crippen LogP) is 5.22. The van der Waals surface area contributed by atoms with Crippen LogP contribution in [0.4, 0.5) is 10.5 Å². The van der Waals surface area contributed by atoms with Crippen LogP contribution in [0.1, 0.15) is 34.1 Å². The second kappa shape index (κ2) is 8.69. The molecule has 0 bridgehead atoms. The van der Waals surface area contributed by atoms with E-state index in [1.807, 2.05) is 0 Å². The van der Waals surface area contributed by atoms with Gasteiger partial charge in [0.25, 0.3) is 0 Å². The highest BCUT2D eigenvalue weighted by molar-refractivity contribution is 6.36. The maximum atomic E-state index is 13.0. The lowest BCUT2D eigenvalue weighted by atomic mass is 10.2. The van der Waals surface area contributed by atoms with E-state index in [9.17, 15) is 9.90 Å². The summed E-state index contributed by atoms with van der Waals surface area (Å²) < 4.78 is 5.56. The molecule has 0 spiro atoms. The van der Waals surface area contributed by atoms with Gasteiger partial charge in [0.05, 0.1) is 17.3 Å². The molecule has 0 radical (unpaired) electrons. The van der Waals surface area contributed by atoms with Gasteiger partial charge in [0.1, 0.15) is 16.6 Å². The molecule has 1 aliphatic rings. The van der Waals surface area contributed by atoms with Gasteiger partial charge in [-0.05, 0) is 57.9 Å². The van der Waals surface area contributed by atoms with Crippen molar-refractivity contribution in [1.29, 1.82) is 0 Å². The van der Waals surface area contributed by atoms with Crippen molar-refractivity contribution in [3.05, 3.63) is 39.0 Å². The minimum Gasteiger partial charge on any atom is -0.442 e. The SMILES string of the molecule is CC1=NC(Cl)=C(CCO)CN1N(C(=O)OC(C)(C)C)c1ccc(Cl)cc1Cl. The van der Waals surface area contributed by atoms with Crippen LogP contribution in [0.25, 0.3) is 0 Å². The van der Waals surface area contributed by atoms with Crippen molar-refractivity contribution in [2.75, 3.05) is 18.2 Å². The molecule has 0 fully saturated rings. The lowest BCUT2D eigenvalue weighted by molar-refractivity contribution is 0.0513. The molecule has 1 N–H and O–H groups in total. The molecule has 9 heteroatoms. The zero-order chi connectivity index (χ0) is 20.4. The largest absolute Gasteiger partial charge is 0.442 e. The number of amidine groups is 1. The lowest BCUT2D eigenvalue weighted by Crippen LogP contribution is -2.53. The lowest BCUT2D eigenvalue weighted by Gasteiger charge is -2.39. The monoisotopic (exact) mass is 433 g/mol. The number of aliphatic imine (C=N–C) groups is 1. The first kappa shape index (κ1) is 21.8. The highest BCUT2D eigenvalue weighted by atomic mass is 35.5. The van der Waals surface area contributed by atoms with Gasteiger partial charge in [-0.2, -0.15) is 5.01 Å². The molecule has 1 amide bonds. The molecule has 0 saturated carbocycles. The third-order valence-electron chi connectivity index (χ3n) is 3.63. The topological polar surface area (TPSA) is 65.4 Å². The summed E-state index contributed by atoms with van der Waals surface area (Å²) in [5, 5.41) is 13.2. The Balaban J connectivity index is 2.50. The minimum absolute atomic E-state index is 0.0813. The number of anilines is 1. The van der Waals surface area contributed by atoms with Crippen LogP contribution in [0, 0.1) is 0 Å². The summed E-state index contributed by atoms with van der Waals surface area (Å²) >= 11 is 18.5. The van der Waals surface area contributed by atoms with E-state index < -0.39 is 11.7 Å². The molecule has 0 atom stereocenters. The molecule has 6 nitrogen and oxygen atoms in total. The molecular formula is C18H22Cl3N3O3. The molecule has 0 aliphatic carbocycles. The second-order valence-electron chi connectivity index (χ2n) is 6.97. The van der Waals surface area contributed by atoms with Gasteiger partial charge in [0.15, 0.2) is 0 Å². The number of ether oxygens (including phenoxy) is 1. The van der Waals surface area contributed by atoms with Crippen LogP contribution in [0.5, 0.6) is 0 Å². The van der Waals surface area contributed by atoms with Crippen LogP contribution in [-0.4, -0.2) is 40.8 Å². The molecule has 0 unspecified atom stereocenters. The van der Waals surface area contributed by atoms with Gasteiger partial charge < -0.3 is 9.84 Å². The van der Waals surface area contributed by atoms with E-state index in [2.05, 4.69) is 4.99 Å². The van der Waals surface area contributed by atoms with Gasteiger partial charge in [-0.25, -0.2) is 9.79 Å². The van der Waals surface area contributed by atoms with Crippen LogP contribution >= 0.6 is 34.8 Å². The number of rotatable bonds is 4. The number of aliphatic hydroxyl groups is 1. The highest BCUT2D eigenvalue weighted by Crippen LogP contribution is 2.33. The van der Waals surface area contributed by atoms with Gasteiger partial charge in [0.2, 0.25) is 0 Å². The molecule has 2 rings (SSSR count). The van der Waals surface area contributed by atoms with E-state index in [4.69, 9.17) is 39.5 Å². The van der Waals surface area contributed by atoms with Crippen molar-refractivity contribution in [3.8, 4) is 0 Å². The van der Waals surface area contributed by atoms with Crippen LogP contribution < -0.4 is 5.01 Å². The maximum absolute atomic E-state index is 13.0. The number of amides is 1. The van der Waals surface area contributed by atoms with E-state index in [0.717, 1.165) is 0 Å². The molecule has 0 saturated heterocycles. The number of hydrogen-bond acceptors (Lipinski definition) is 5. The summed E-state index contributed by atoms with van der Waals surface area (Å²) in [6.07, 6.45) is -0.287. The number of carbonyl (C=O) groups is 1. The Kier molecular flexibility index (Phi) is 7.03. The first-order chi connectivity index (χ1) is 12.5. The predicted molar refractivity (Wildman–Crippen MR) is 110 cm³/mol. The van der Waals surface area contributed by atoms with Gasteiger partial charge in [-0.3, -0.25) is 5.01 Å². The average molecular weight is 435 g/mol. The molecular weight excluding hydrogens is 413 g/mol. The van der Waals surface area contributed by atoms with E-state index in [-0.39, 0.29) is 18.2 Å². The van der Waals surface area contributed by atoms with Gasteiger partial charge in [-0.1, -0.05) is 34.8 Å². The molecule has 1 aromatic carbocycles. The normalized spacial score (nSPS) is 15.0. The Morgan fingerprint density at radius 1 is 1.33 bits per heavy atom. The first-order valence-corrected chi connectivity index (χ1v) is 9.46. The van der Waals surface area contributed by atoms with Crippen molar-refractivity contribution in [1.82, 2.24) is 5.01 Å². The standard InChI is InChI=1S/C18H22Cl3N3O3/c1-11-22-16(21)12(7-8-25)10-23(11)24(17(26)27-18(2,3)4)15-6-5-13(19)9-14(15)20/h5-6,9,25H,7-8,10H2,1-4H3. The van der Waals surface area contributed by atoms with Gasteiger partial charge in [-0.15, -0.1) is 0 Å². The zero-order valence-electron chi connectivity index (χ0n) is 15.6. The summed E-state index contributed by atoms with van der Waals surface area (Å²) in [6, 6.07) is 4.81. The molecule has 1 aliphatic heterocycles. The van der Waals surface area contributed by atoms with Gasteiger partial charge >= 0.3 is 6.09 Å². The molecule has 148 valence electrons. The molecule has 1 aromatic rings. The Labute approximate surface area is 173 Å². The fourth-order valence-electron chi connectivity index (χ4n) is 2.46. The van der Waals surface area contributed by atoms with Crippen molar-refractivity contribution >= 4 is 52.4 Å². The third-order valence-corrected chi connectivity index (χ3v) is 4.51. The number of hydrazine groups is 1. The fraction of sp³-hybridized carbons (Fsp3) is 0.444. The Morgan fingerprint density at radius 2 is 2.00 bits per heavy atom.